The first-order valence-corrected chi connectivity index (χ1v) is 5.75. The topological polar surface area (TPSA) is 52.3 Å². The Hall–Kier alpha value is -1.00. The van der Waals surface area contributed by atoms with E-state index in [4.69, 9.17) is 10.5 Å². The third-order valence-corrected chi connectivity index (χ3v) is 3.17. The Kier molecular flexibility index (Phi) is 5.21. The molecular formula is C11H15NO2S. The Bertz CT molecular complexity index is 303. The normalized spacial score (nSPS) is 12.3. The molecule has 1 aromatic carbocycles. The average Bonchev–Trinajstić information content (AvgIpc) is 2.25. The summed E-state index contributed by atoms with van der Waals surface area (Å²) >= 11 is 1.51. The van der Waals surface area contributed by atoms with Crippen LogP contribution in [-0.4, -0.2) is 25.4 Å². The minimum absolute atomic E-state index is 0.277. The van der Waals surface area contributed by atoms with Crippen molar-refractivity contribution in [1.29, 1.82) is 0 Å². The molecule has 0 heterocycles. The first kappa shape index (κ1) is 12.1. The van der Waals surface area contributed by atoms with Crippen LogP contribution >= 0.6 is 11.8 Å². The molecule has 1 rings (SSSR count). The van der Waals surface area contributed by atoms with Crippen molar-refractivity contribution in [2.24, 2.45) is 5.73 Å². The number of hydrogen-bond donors (Lipinski definition) is 1. The lowest BCUT2D eigenvalue weighted by Gasteiger charge is -2.12. The molecule has 0 aliphatic carbocycles. The molecule has 4 heteroatoms. The molecule has 0 aliphatic rings. The van der Waals surface area contributed by atoms with Crippen molar-refractivity contribution in [3.8, 4) is 0 Å². The zero-order valence-corrected chi connectivity index (χ0v) is 9.50. The Morgan fingerprint density at radius 1 is 1.47 bits per heavy atom. The van der Waals surface area contributed by atoms with E-state index in [0.29, 0.717) is 6.61 Å². The van der Waals surface area contributed by atoms with Crippen LogP contribution in [0.3, 0.4) is 0 Å². The molecule has 0 saturated heterocycles. The lowest BCUT2D eigenvalue weighted by molar-refractivity contribution is -0.117. The van der Waals surface area contributed by atoms with E-state index in [1.54, 1.807) is 7.11 Å². The molecule has 3 nitrogen and oxygen atoms in total. The summed E-state index contributed by atoms with van der Waals surface area (Å²) in [6.07, 6.45) is 0. The summed E-state index contributed by atoms with van der Waals surface area (Å²) in [7, 11) is 1.64. The fraction of sp³-hybridized carbons (Fsp3) is 0.364. The number of nitrogens with two attached hydrogens (primary N) is 1. The van der Waals surface area contributed by atoms with Gasteiger partial charge in [0.25, 0.3) is 0 Å². The van der Waals surface area contributed by atoms with Gasteiger partial charge in [-0.05, 0) is 5.56 Å². The minimum atomic E-state index is -0.303. The van der Waals surface area contributed by atoms with E-state index in [1.165, 1.54) is 11.8 Å². The standard InChI is InChI=1S/C11H15NO2S/c1-14-7-8-15-10(11(12)13)9-5-3-2-4-6-9/h2-6,10H,7-8H2,1H3,(H2,12,13)/t10-/m1/s1. The molecule has 2 N–H and O–H groups in total. The molecule has 1 aromatic rings. The summed E-state index contributed by atoms with van der Waals surface area (Å²) in [6, 6.07) is 9.55. The molecular weight excluding hydrogens is 210 g/mol. The van der Waals surface area contributed by atoms with Gasteiger partial charge in [-0.25, -0.2) is 0 Å². The van der Waals surface area contributed by atoms with E-state index >= 15 is 0 Å². The molecule has 0 unspecified atom stereocenters. The second kappa shape index (κ2) is 6.48. The van der Waals surface area contributed by atoms with Crippen LogP contribution in [0.25, 0.3) is 0 Å². The second-order valence-corrected chi connectivity index (χ2v) is 4.27. The highest BCUT2D eigenvalue weighted by Gasteiger charge is 2.17. The van der Waals surface area contributed by atoms with Gasteiger partial charge in [0, 0.05) is 12.9 Å². The molecule has 0 spiro atoms. The summed E-state index contributed by atoms with van der Waals surface area (Å²) in [5, 5.41) is -0.277. The Labute approximate surface area is 94.0 Å². The average molecular weight is 225 g/mol. The van der Waals surface area contributed by atoms with Gasteiger partial charge in [-0.15, -0.1) is 11.8 Å². The van der Waals surface area contributed by atoms with Gasteiger partial charge in [0.1, 0.15) is 5.25 Å². The Morgan fingerprint density at radius 3 is 2.67 bits per heavy atom. The maximum absolute atomic E-state index is 11.3. The summed E-state index contributed by atoms with van der Waals surface area (Å²) in [5.41, 5.74) is 6.30. The maximum atomic E-state index is 11.3. The molecule has 82 valence electrons. The van der Waals surface area contributed by atoms with Crippen molar-refractivity contribution in [3.05, 3.63) is 35.9 Å². The number of ether oxygens (including phenoxy) is 1. The van der Waals surface area contributed by atoms with Gasteiger partial charge in [-0.1, -0.05) is 30.3 Å². The van der Waals surface area contributed by atoms with E-state index < -0.39 is 0 Å². The van der Waals surface area contributed by atoms with Crippen LogP contribution in [0.1, 0.15) is 10.8 Å². The molecule has 0 bridgehead atoms. The van der Waals surface area contributed by atoms with Crippen molar-refractivity contribution in [2.45, 2.75) is 5.25 Å². The van der Waals surface area contributed by atoms with Crippen LogP contribution in [0.4, 0.5) is 0 Å². The first-order valence-electron chi connectivity index (χ1n) is 4.70. The number of carbonyl (C=O) groups is 1. The van der Waals surface area contributed by atoms with Crippen molar-refractivity contribution < 1.29 is 9.53 Å². The second-order valence-electron chi connectivity index (χ2n) is 3.06. The van der Waals surface area contributed by atoms with Gasteiger partial charge in [-0.2, -0.15) is 0 Å². The molecule has 0 radical (unpaired) electrons. The fourth-order valence-corrected chi connectivity index (χ4v) is 2.23. The van der Waals surface area contributed by atoms with Gasteiger partial charge in [0.15, 0.2) is 0 Å². The molecule has 1 amide bonds. The smallest absolute Gasteiger partial charge is 0.235 e. The lowest BCUT2D eigenvalue weighted by atomic mass is 10.1. The number of thioether (sulfide) groups is 1. The largest absolute Gasteiger partial charge is 0.384 e. The summed E-state index contributed by atoms with van der Waals surface area (Å²) < 4.78 is 4.93. The monoisotopic (exact) mass is 225 g/mol. The number of amides is 1. The van der Waals surface area contributed by atoms with Gasteiger partial charge in [0.05, 0.1) is 6.61 Å². The molecule has 0 aromatic heterocycles. The van der Waals surface area contributed by atoms with Crippen LogP contribution < -0.4 is 5.73 Å². The third-order valence-electron chi connectivity index (χ3n) is 1.93. The highest BCUT2D eigenvalue weighted by Crippen LogP contribution is 2.27. The lowest BCUT2D eigenvalue weighted by Crippen LogP contribution is -2.19. The van der Waals surface area contributed by atoms with Crippen molar-refractivity contribution in [1.82, 2.24) is 0 Å². The minimum Gasteiger partial charge on any atom is -0.384 e. The van der Waals surface area contributed by atoms with Gasteiger partial charge in [0.2, 0.25) is 5.91 Å². The van der Waals surface area contributed by atoms with Crippen LogP contribution in [0.2, 0.25) is 0 Å². The SMILES string of the molecule is COCCS[C@@H](C(N)=O)c1ccccc1. The summed E-state index contributed by atoms with van der Waals surface area (Å²) in [4.78, 5) is 11.3. The Morgan fingerprint density at radius 2 is 2.13 bits per heavy atom. The fourth-order valence-electron chi connectivity index (χ4n) is 1.22. The molecule has 0 aliphatic heterocycles. The van der Waals surface area contributed by atoms with E-state index in [-0.39, 0.29) is 11.2 Å². The van der Waals surface area contributed by atoms with Crippen LogP contribution in [-0.2, 0) is 9.53 Å². The van der Waals surface area contributed by atoms with Gasteiger partial charge in [-0.3, -0.25) is 4.79 Å². The van der Waals surface area contributed by atoms with Crippen molar-refractivity contribution in [2.75, 3.05) is 19.5 Å². The number of primary amides is 1. The predicted molar refractivity (Wildman–Crippen MR) is 62.7 cm³/mol. The number of hydrogen-bond acceptors (Lipinski definition) is 3. The number of rotatable bonds is 6. The van der Waals surface area contributed by atoms with E-state index in [0.717, 1.165) is 11.3 Å². The number of carbonyl (C=O) groups excluding carboxylic acids is 1. The molecule has 1 atom stereocenters. The van der Waals surface area contributed by atoms with Gasteiger partial charge >= 0.3 is 0 Å². The summed E-state index contributed by atoms with van der Waals surface area (Å²) in [6.45, 7) is 0.626. The highest BCUT2D eigenvalue weighted by atomic mass is 32.2. The molecule has 0 saturated carbocycles. The Balaban J connectivity index is 2.62. The van der Waals surface area contributed by atoms with E-state index in [2.05, 4.69) is 0 Å². The maximum Gasteiger partial charge on any atom is 0.235 e. The van der Waals surface area contributed by atoms with E-state index in [1.807, 2.05) is 30.3 Å². The van der Waals surface area contributed by atoms with Crippen LogP contribution in [0.5, 0.6) is 0 Å². The van der Waals surface area contributed by atoms with E-state index in [9.17, 15) is 4.79 Å². The molecule has 0 fully saturated rings. The highest BCUT2D eigenvalue weighted by molar-refractivity contribution is 8.00. The van der Waals surface area contributed by atoms with Crippen molar-refractivity contribution in [3.63, 3.8) is 0 Å². The van der Waals surface area contributed by atoms with Crippen LogP contribution in [0, 0.1) is 0 Å². The van der Waals surface area contributed by atoms with Crippen molar-refractivity contribution >= 4 is 17.7 Å². The third kappa shape index (κ3) is 3.93. The van der Waals surface area contributed by atoms with Gasteiger partial charge < -0.3 is 10.5 Å². The number of methoxy groups -OCH3 is 1. The zero-order chi connectivity index (χ0) is 11.1. The quantitative estimate of drug-likeness (QED) is 0.748. The zero-order valence-electron chi connectivity index (χ0n) is 8.68. The molecule has 15 heavy (non-hydrogen) atoms. The first-order chi connectivity index (χ1) is 7.25. The van der Waals surface area contributed by atoms with Crippen LogP contribution in [0.15, 0.2) is 30.3 Å². The predicted octanol–water partition coefficient (Wildman–Crippen LogP) is 1.59. The summed E-state index contributed by atoms with van der Waals surface area (Å²) in [5.74, 6) is 0.459. The number of benzene rings is 1.